The number of nitrogens with one attached hydrogen (secondary N) is 1. The number of benzene rings is 3. The Balaban J connectivity index is 1.37. The Morgan fingerprint density at radius 2 is 1.60 bits per heavy atom. The van der Waals surface area contributed by atoms with Gasteiger partial charge in [-0.05, 0) is 41.1 Å². The number of piperazine rings is 1. The number of hydrogen-bond acceptors (Lipinski definition) is 5. The van der Waals surface area contributed by atoms with Crippen LogP contribution in [0, 0.1) is 5.41 Å². The van der Waals surface area contributed by atoms with Crippen molar-refractivity contribution in [3.05, 3.63) is 102 Å². The van der Waals surface area contributed by atoms with Gasteiger partial charge in [-0.15, -0.1) is 0 Å². The van der Waals surface area contributed by atoms with Crippen molar-refractivity contribution < 1.29 is 9.53 Å². The number of aromatic nitrogens is 1. The van der Waals surface area contributed by atoms with E-state index >= 15 is 0 Å². The molecule has 1 unspecified atom stereocenters. The summed E-state index contributed by atoms with van der Waals surface area (Å²) < 4.78 is 6.34. The number of amidine groups is 1. The molecule has 7 nitrogen and oxygen atoms in total. The summed E-state index contributed by atoms with van der Waals surface area (Å²) in [5.74, 6) is 0.556. The number of nitrogens with two attached hydrogens (primary N) is 1. The van der Waals surface area contributed by atoms with Crippen molar-refractivity contribution in [1.82, 2.24) is 9.88 Å². The third kappa shape index (κ3) is 4.94. The molecule has 3 aromatic carbocycles. The second-order valence-electron chi connectivity index (χ2n) is 8.56. The molecule has 4 aromatic rings. The fourth-order valence-corrected chi connectivity index (χ4v) is 4.40. The molecule has 1 aliphatic rings. The van der Waals surface area contributed by atoms with E-state index in [4.69, 9.17) is 15.9 Å². The number of carbonyl (C=O) groups excluding carboxylic acids is 1. The van der Waals surface area contributed by atoms with E-state index in [1.54, 1.807) is 12.4 Å². The molecule has 176 valence electrons. The molecule has 0 radical (unpaired) electrons. The standard InChI is InChI=1S/C28H27N5O2/c29-27(30)22-7-6-20-8-9-25(19-23(20)18-22)35-26(21-4-2-1-3-5-21)28(34)33-16-14-32(15-17-33)24-10-12-31-13-11-24/h1-13,18-19,26H,14-17H2,(H3,29,30). The number of rotatable bonds is 6. The maximum atomic E-state index is 13.7. The fraction of sp³-hybridized carbons (Fsp3) is 0.179. The smallest absolute Gasteiger partial charge is 0.268 e. The minimum absolute atomic E-state index is 0.0152. The van der Waals surface area contributed by atoms with Gasteiger partial charge in [-0.1, -0.05) is 48.5 Å². The molecule has 1 aromatic heterocycles. The van der Waals surface area contributed by atoms with Crippen LogP contribution >= 0.6 is 0 Å². The molecular weight excluding hydrogens is 438 g/mol. The summed E-state index contributed by atoms with van der Waals surface area (Å²) in [7, 11) is 0. The van der Waals surface area contributed by atoms with Gasteiger partial charge in [-0.3, -0.25) is 15.2 Å². The summed E-state index contributed by atoms with van der Waals surface area (Å²) in [4.78, 5) is 21.9. The van der Waals surface area contributed by atoms with Crippen LogP contribution in [0.3, 0.4) is 0 Å². The first-order chi connectivity index (χ1) is 17.1. The monoisotopic (exact) mass is 465 g/mol. The van der Waals surface area contributed by atoms with Crippen LogP contribution in [-0.2, 0) is 4.79 Å². The number of hydrogen-bond donors (Lipinski definition) is 2. The van der Waals surface area contributed by atoms with Crippen LogP contribution < -0.4 is 15.4 Å². The van der Waals surface area contributed by atoms with Gasteiger partial charge >= 0.3 is 0 Å². The number of pyridine rings is 1. The van der Waals surface area contributed by atoms with Gasteiger partial charge in [0.2, 0.25) is 6.10 Å². The Morgan fingerprint density at radius 1 is 0.886 bits per heavy atom. The molecule has 35 heavy (non-hydrogen) atoms. The van der Waals surface area contributed by atoms with Crippen LogP contribution in [0.4, 0.5) is 5.69 Å². The molecule has 1 atom stereocenters. The fourth-order valence-electron chi connectivity index (χ4n) is 4.40. The zero-order valence-corrected chi connectivity index (χ0v) is 19.3. The van der Waals surface area contributed by atoms with Gasteiger partial charge in [0, 0.05) is 55.4 Å². The van der Waals surface area contributed by atoms with Crippen molar-refractivity contribution in [3.63, 3.8) is 0 Å². The van der Waals surface area contributed by atoms with Gasteiger partial charge in [0.25, 0.3) is 5.91 Å². The van der Waals surface area contributed by atoms with E-state index < -0.39 is 6.10 Å². The summed E-state index contributed by atoms with van der Waals surface area (Å²) in [6, 6.07) is 24.9. The van der Waals surface area contributed by atoms with Gasteiger partial charge < -0.3 is 20.3 Å². The summed E-state index contributed by atoms with van der Waals surface area (Å²) in [6.07, 6.45) is 2.82. The highest BCUT2D eigenvalue weighted by atomic mass is 16.5. The third-order valence-electron chi connectivity index (χ3n) is 6.32. The lowest BCUT2D eigenvalue weighted by atomic mass is 10.1. The summed E-state index contributed by atoms with van der Waals surface area (Å²) in [5.41, 5.74) is 8.24. The van der Waals surface area contributed by atoms with Crippen LogP contribution in [0.15, 0.2) is 91.3 Å². The first-order valence-corrected chi connectivity index (χ1v) is 11.6. The molecule has 1 fully saturated rings. The van der Waals surface area contributed by atoms with E-state index in [1.165, 1.54) is 0 Å². The average Bonchev–Trinajstić information content (AvgIpc) is 2.92. The lowest BCUT2D eigenvalue weighted by Crippen LogP contribution is -2.50. The summed E-state index contributed by atoms with van der Waals surface area (Å²) >= 11 is 0. The zero-order valence-electron chi connectivity index (χ0n) is 19.3. The topological polar surface area (TPSA) is 95.5 Å². The van der Waals surface area contributed by atoms with Crippen molar-refractivity contribution in [2.45, 2.75) is 6.10 Å². The molecule has 1 amide bonds. The average molecular weight is 466 g/mol. The largest absolute Gasteiger partial charge is 0.476 e. The van der Waals surface area contributed by atoms with E-state index in [-0.39, 0.29) is 11.7 Å². The first-order valence-electron chi connectivity index (χ1n) is 11.6. The Bertz CT molecular complexity index is 1340. The molecule has 0 aliphatic carbocycles. The Labute approximate surface area is 204 Å². The first kappa shape index (κ1) is 22.4. The third-order valence-corrected chi connectivity index (χ3v) is 6.32. The number of amides is 1. The number of anilines is 1. The highest BCUT2D eigenvalue weighted by Crippen LogP contribution is 2.28. The van der Waals surface area contributed by atoms with E-state index in [9.17, 15) is 4.79 Å². The van der Waals surface area contributed by atoms with E-state index in [1.807, 2.05) is 83.8 Å². The quantitative estimate of drug-likeness (QED) is 0.332. The van der Waals surface area contributed by atoms with E-state index in [2.05, 4.69) is 9.88 Å². The summed E-state index contributed by atoms with van der Waals surface area (Å²) in [5, 5.41) is 9.63. The van der Waals surface area contributed by atoms with Crippen LogP contribution in [0.5, 0.6) is 5.75 Å². The highest BCUT2D eigenvalue weighted by molar-refractivity contribution is 5.99. The normalized spacial score (nSPS) is 14.5. The van der Waals surface area contributed by atoms with E-state index in [0.29, 0.717) is 24.4 Å². The minimum Gasteiger partial charge on any atom is -0.476 e. The number of ether oxygens (including phenoxy) is 1. The lowest BCUT2D eigenvalue weighted by Gasteiger charge is -2.37. The number of nitrogens with zero attached hydrogens (tertiary/aromatic N) is 3. The molecule has 1 saturated heterocycles. The minimum atomic E-state index is -0.753. The Hall–Kier alpha value is -4.39. The SMILES string of the molecule is N=C(N)c1ccc2ccc(OC(C(=O)N3CCN(c4ccncc4)CC3)c3ccccc3)cc2c1. The van der Waals surface area contributed by atoms with Crippen molar-refractivity contribution in [2.75, 3.05) is 31.1 Å². The second kappa shape index (κ2) is 9.85. The molecule has 0 bridgehead atoms. The van der Waals surface area contributed by atoms with Crippen molar-refractivity contribution in [2.24, 2.45) is 5.73 Å². The predicted molar refractivity (Wildman–Crippen MR) is 138 cm³/mol. The van der Waals surface area contributed by atoms with Gasteiger partial charge in [0.15, 0.2) is 0 Å². The van der Waals surface area contributed by atoms with Crippen molar-refractivity contribution >= 4 is 28.2 Å². The molecule has 0 saturated carbocycles. The Kier molecular flexibility index (Phi) is 6.30. The predicted octanol–water partition coefficient (Wildman–Crippen LogP) is 3.99. The maximum Gasteiger partial charge on any atom is 0.268 e. The van der Waals surface area contributed by atoms with Gasteiger partial charge in [0.1, 0.15) is 11.6 Å². The molecule has 3 N–H and O–H groups in total. The molecule has 5 rings (SSSR count). The molecule has 2 heterocycles. The lowest BCUT2D eigenvalue weighted by molar-refractivity contribution is -0.139. The van der Waals surface area contributed by atoms with Crippen molar-refractivity contribution in [3.8, 4) is 5.75 Å². The zero-order chi connectivity index (χ0) is 24.2. The molecule has 7 heteroatoms. The van der Waals surface area contributed by atoms with Crippen LogP contribution in [0.2, 0.25) is 0 Å². The van der Waals surface area contributed by atoms with Gasteiger partial charge in [-0.2, -0.15) is 0 Å². The van der Waals surface area contributed by atoms with Crippen LogP contribution in [0.1, 0.15) is 17.2 Å². The highest BCUT2D eigenvalue weighted by Gasteiger charge is 2.30. The van der Waals surface area contributed by atoms with Gasteiger partial charge in [0.05, 0.1) is 0 Å². The maximum absolute atomic E-state index is 13.7. The van der Waals surface area contributed by atoms with Crippen LogP contribution in [-0.4, -0.2) is 47.8 Å². The van der Waals surface area contributed by atoms with Gasteiger partial charge in [-0.25, -0.2) is 0 Å². The van der Waals surface area contributed by atoms with Crippen LogP contribution in [0.25, 0.3) is 10.8 Å². The number of fused-ring (bicyclic) bond motifs is 1. The Morgan fingerprint density at radius 3 is 2.31 bits per heavy atom. The van der Waals surface area contributed by atoms with E-state index in [0.717, 1.165) is 35.1 Å². The van der Waals surface area contributed by atoms with Crippen molar-refractivity contribution in [1.29, 1.82) is 5.41 Å². The molecule has 0 spiro atoms. The number of nitrogen functional groups attached to an aromatic ring is 1. The second-order valence-corrected chi connectivity index (χ2v) is 8.56. The molecular formula is C28H27N5O2. The molecule has 1 aliphatic heterocycles. The summed E-state index contributed by atoms with van der Waals surface area (Å²) in [6.45, 7) is 2.74. The number of carbonyl (C=O) groups is 1.